The van der Waals surface area contributed by atoms with Gasteiger partial charge in [0.15, 0.2) is 0 Å². The van der Waals surface area contributed by atoms with E-state index in [2.05, 4.69) is 15.9 Å². The topological polar surface area (TPSA) is 49.8 Å². The lowest BCUT2D eigenvalue weighted by molar-refractivity contribution is -0.00553. The number of benzene rings is 1. The largest absolute Gasteiger partial charge is 0.394 e. The molecule has 1 saturated heterocycles. The highest BCUT2D eigenvalue weighted by atomic mass is 79.9. The quantitative estimate of drug-likeness (QED) is 0.896. The van der Waals surface area contributed by atoms with Crippen molar-refractivity contribution in [3.63, 3.8) is 0 Å². The molecule has 0 bridgehead atoms. The SMILES string of the molecule is O=C(c1ccc(Br)cc1Cl)N1CCC(OCCO)CC1. The number of rotatable bonds is 4. The van der Waals surface area contributed by atoms with Crippen molar-refractivity contribution in [1.82, 2.24) is 4.90 Å². The van der Waals surface area contributed by atoms with E-state index in [9.17, 15) is 4.79 Å². The molecule has 110 valence electrons. The number of aliphatic hydroxyl groups is 1. The molecule has 0 aromatic heterocycles. The molecule has 0 unspecified atom stereocenters. The van der Waals surface area contributed by atoms with Gasteiger partial charge in [-0.3, -0.25) is 4.79 Å². The Morgan fingerprint density at radius 2 is 2.15 bits per heavy atom. The average molecular weight is 363 g/mol. The van der Waals surface area contributed by atoms with Crippen LogP contribution in [-0.4, -0.2) is 48.3 Å². The van der Waals surface area contributed by atoms with Crippen molar-refractivity contribution >= 4 is 33.4 Å². The molecule has 20 heavy (non-hydrogen) atoms. The summed E-state index contributed by atoms with van der Waals surface area (Å²) in [4.78, 5) is 14.2. The first-order valence-electron chi connectivity index (χ1n) is 6.58. The second-order valence-corrected chi connectivity index (χ2v) is 6.03. The molecule has 0 atom stereocenters. The summed E-state index contributed by atoms with van der Waals surface area (Å²) in [6.45, 7) is 1.70. The molecule has 6 heteroatoms. The Bertz CT molecular complexity index is 475. The van der Waals surface area contributed by atoms with Crippen molar-refractivity contribution in [1.29, 1.82) is 0 Å². The smallest absolute Gasteiger partial charge is 0.255 e. The fourth-order valence-corrected chi connectivity index (χ4v) is 3.03. The highest BCUT2D eigenvalue weighted by Gasteiger charge is 2.25. The highest BCUT2D eigenvalue weighted by Crippen LogP contribution is 2.24. The number of hydrogen-bond donors (Lipinski definition) is 1. The summed E-state index contributed by atoms with van der Waals surface area (Å²) in [6.07, 6.45) is 1.71. The number of aliphatic hydroxyl groups excluding tert-OH is 1. The van der Waals surface area contributed by atoms with Crippen molar-refractivity contribution in [3.8, 4) is 0 Å². The molecule has 0 saturated carbocycles. The third-order valence-electron chi connectivity index (χ3n) is 3.34. The third kappa shape index (κ3) is 3.95. The number of ether oxygens (including phenoxy) is 1. The number of piperidine rings is 1. The fourth-order valence-electron chi connectivity index (χ4n) is 2.28. The molecular weight excluding hydrogens is 346 g/mol. The maximum absolute atomic E-state index is 12.4. The van der Waals surface area contributed by atoms with Crippen LogP contribution in [0, 0.1) is 0 Å². The van der Waals surface area contributed by atoms with Crippen molar-refractivity contribution in [2.24, 2.45) is 0 Å². The Kier molecular flexibility index (Phi) is 5.84. The Balaban J connectivity index is 1.94. The highest BCUT2D eigenvalue weighted by molar-refractivity contribution is 9.10. The van der Waals surface area contributed by atoms with Crippen LogP contribution >= 0.6 is 27.5 Å². The summed E-state index contributed by atoms with van der Waals surface area (Å²) in [5.41, 5.74) is 0.532. The Hall–Kier alpha value is -0.620. The summed E-state index contributed by atoms with van der Waals surface area (Å²) in [5.74, 6) is -0.0388. The first-order valence-corrected chi connectivity index (χ1v) is 7.75. The first-order chi connectivity index (χ1) is 9.61. The molecule has 4 nitrogen and oxygen atoms in total. The lowest BCUT2D eigenvalue weighted by atomic mass is 10.1. The standard InChI is InChI=1S/C14H17BrClNO3/c15-10-1-2-12(13(16)9-10)14(19)17-5-3-11(4-6-17)20-8-7-18/h1-2,9,11,18H,3-8H2. The summed E-state index contributed by atoms with van der Waals surface area (Å²) >= 11 is 9.44. The minimum absolute atomic E-state index is 0.0354. The van der Waals surface area contributed by atoms with Gasteiger partial charge in [-0.1, -0.05) is 27.5 Å². The second kappa shape index (κ2) is 7.41. The third-order valence-corrected chi connectivity index (χ3v) is 4.14. The number of amides is 1. The Labute approximate surface area is 131 Å². The molecule has 1 N–H and O–H groups in total. The van der Waals surface area contributed by atoms with Crippen LogP contribution in [0.25, 0.3) is 0 Å². The molecule has 1 aliphatic rings. The predicted octanol–water partition coefficient (Wildman–Crippen LogP) is 2.72. The Morgan fingerprint density at radius 1 is 1.45 bits per heavy atom. The number of halogens is 2. The van der Waals surface area contributed by atoms with E-state index >= 15 is 0 Å². The van der Waals surface area contributed by atoms with Crippen LogP contribution in [0.15, 0.2) is 22.7 Å². The monoisotopic (exact) mass is 361 g/mol. The van der Waals surface area contributed by atoms with Crippen LogP contribution in [0.2, 0.25) is 5.02 Å². The predicted molar refractivity (Wildman–Crippen MR) is 81.1 cm³/mol. The van der Waals surface area contributed by atoms with Crippen molar-refractivity contribution in [2.75, 3.05) is 26.3 Å². The van der Waals surface area contributed by atoms with Gasteiger partial charge >= 0.3 is 0 Å². The number of likely N-dealkylation sites (tertiary alicyclic amines) is 1. The van der Waals surface area contributed by atoms with Crippen LogP contribution in [0.3, 0.4) is 0 Å². The van der Waals surface area contributed by atoms with E-state index in [0.29, 0.717) is 30.3 Å². The van der Waals surface area contributed by atoms with Crippen LogP contribution < -0.4 is 0 Å². The average Bonchev–Trinajstić information content (AvgIpc) is 2.45. The van der Waals surface area contributed by atoms with Gasteiger partial charge in [-0.15, -0.1) is 0 Å². The minimum Gasteiger partial charge on any atom is -0.394 e. The van der Waals surface area contributed by atoms with Gasteiger partial charge < -0.3 is 14.7 Å². The molecule has 0 spiro atoms. The van der Waals surface area contributed by atoms with Crippen LogP contribution in [-0.2, 0) is 4.74 Å². The van der Waals surface area contributed by atoms with Crippen molar-refractivity contribution in [2.45, 2.75) is 18.9 Å². The van der Waals surface area contributed by atoms with Gasteiger partial charge in [0.05, 0.1) is 29.9 Å². The zero-order valence-electron chi connectivity index (χ0n) is 11.0. The van der Waals surface area contributed by atoms with Crippen LogP contribution in [0.5, 0.6) is 0 Å². The normalized spacial score (nSPS) is 16.4. The maximum Gasteiger partial charge on any atom is 0.255 e. The maximum atomic E-state index is 12.4. The summed E-state index contributed by atoms with van der Waals surface area (Å²) < 4.78 is 6.34. The van der Waals surface area contributed by atoms with Gasteiger partial charge in [-0.05, 0) is 31.0 Å². The molecule has 1 heterocycles. The van der Waals surface area contributed by atoms with Crippen LogP contribution in [0.4, 0.5) is 0 Å². The zero-order chi connectivity index (χ0) is 14.5. The van der Waals surface area contributed by atoms with E-state index < -0.39 is 0 Å². The van der Waals surface area contributed by atoms with Gasteiger partial charge in [0.2, 0.25) is 0 Å². The zero-order valence-corrected chi connectivity index (χ0v) is 13.4. The first kappa shape index (κ1) is 15.8. The Morgan fingerprint density at radius 3 is 2.75 bits per heavy atom. The number of carbonyl (C=O) groups is 1. The summed E-state index contributed by atoms with van der Waals surface area (Å²) in [5, 5.41) is 9.19. The second-order valence-electron chi connectivity index (χ2n) is 4.71. The number of nitrogens with zero attached hydrogens (tertiary/aromatic N) is 1. The van der Waals surface area contributed by atoms with Gasteiger partial charge in [-0.25, -0.2) is 0 Å². The van der Waals surface area contributed by atoms with E-state index in [1.54, 1.807) is 17.0 Å². The van der Waals surface area contributed by atoms with Gasteiger partial charge in [0, 0.05) is 17.6 Å². The molecule has 1 aliphatic heterocycles. The van der Waals surface area contributed by atoms with E-state index in [4.69, 9.17) is 21.4 Å². The van der Waals surface area contributed by atoms with Gasteiger partial charge in [0.25, 0.3) is 5.91 Å². The van der Waals surface area contributed by atoms with Crippen LogP contribution in [0.1, 0.15) is 23.2 Å². The van der Waals surface area contributed by atoms with E-state index in [0.717, 1.165) is 17.3 Å². The molecule has 1 amide bonds. The lowest BCUT2D eigenvalue weighted by Crippen LogP contribution is -2.41. The van der Waals surface area contributed by atoms with E-state index in [1.165, 1.54) is 0 Å². The molecule has 1 aromatic rings. The van der Waals surface area contributed by atoms with Crippen molar-refractivity contribution in [3.05, 3.63) is 33.3 Å². The molecule has 0 aliphatic carbocycles. The molecule has 1 aromatic carbocycles. The molecule has 0 radical (unpaired) electrons. The van der Waals surface area contributed by atoms with E-state index in [-0.39, 0.29) is 18.6 Å². The van der Waals surface area contributed by atoms with Crippen molar-refractivity contribution < 1.29 is 14.6 Å². The molecular formula is C14H17BrClNO3. The molecule has 2 rings (SSSR count). The minimum atomic E-state index is -0.0388. The van der Waals surface area contributed by atoms with Gasteiger partial charge in [0.1, 0.15) is 0 Å². The number of carbonyl (C=O) groups excluding carboxylic acids is 1. The van der Waals surface area contributed by atoms with E-state index in [1.807, 2.05) is 6.07 Å². The summed E-state index contributed by atoms with van der Waals surface area (Å²) in [6, 6.07) is 5.28. The fraction of sp³-hybridized carbons (Fsp3) is 0.500. The van der Waals surface area contributed by atoms with Gasteiger partial charge in [-0.2, -0.15) is 0 Å². The lowest BCUT2D eigenvalue weighted by Gasteiger charge is -2.32. The summed E-state index contributed by atoms with van der Waals surface area (Å²) in [7, 11) is 0. The molecule has 1 fully saturated rings. The number of hydrogen-bond acceptors (Lipinski definition) is 3.